The Kier molecular flexibility index (Phi) is 6.34. The van der Waals surface area contributed by atoms with E-state index >= 15 is 0 Å². The Morgan fingerprint density at radius 1 is 1.15 bits per heavy atom. The molecular formula is C26H23F3N4O. The standard InChI is InChI=1S/C26H23F3N4O/c1-25(2,17-30)19-9-6-10-20(15-19)32-24-12-11-23(21(16-31-24)26(27,28)29)33-22(13-14-34-33)18-7-4-3-5-8-18/h3-10,12,15-16,22H,13-14H2,1-2H3,(H,31,32)/t22-/m0/s1. The molecule has 0 aromatic heterocycles. The minimum Gasteiger partial charge on any atom is -0.340 e. The number of benzene rings is 2. The van der Waals surface area contributed by atoms with E-state index in [4.69, 9.17) is 4.84 Å². The third kappa shape index (κ3) is 4.91. The average Bonchev–Trinajstić information content (AvgIpc) is 3.20. The number of nitrogens with one attached hydrogen (secondary N) is 1. The molecule has 174 valence electrons. The zero-order chi connectivity index (χ0) is 24.3. The second-order valence-electron chi connectivity index (χ2n) is 8.51. The summed E-state index contributed by atoms with van der Waals surface area (Å²) >= 11 is 0. The van der Waals surface area contributed by atoms with Gasteiger partial charge in [-0.15, -0.1) is 0 Å². The largest absolute Gasteiger partial charge is 0.420 e. The van der Waals surface area contributed by atoms with Gasteiger partial charge in [0, 0.05) is 24.4 Å². The Balaban J connectivity index is 1.69. The van der Waals surface area contributed by atoms with Crippen molar-refractivity contribution >= 4 is 11.5 Å². The van der Waals surface area contributed by atoms with Crippen LogP contribution in [0.4, 0.5) is 18.9 Å². The van der Waals surface area contributed by atoms with E-state index in [1.165, 1.54) is 11.1 Å². The lowest BCUT2D eigenvalue weighted by Crippen LogP contribution is -2.27. The number of nitrogens with zero attached hydrogens (tertiary/aromatic N) is 3. The molecule has 0 spiro atoms. The third-order valence-corrected chi connectivity index (χ3v) is 5.68. The van der Waals surface area contributed by atoms with Crippen LogP contribution in [-0.4, -0.2) is 23.7 Å². The quantitative estimate of drug-likeness (QED) is 0.550. The van der Waals surface area contributed by atoms with Crippen LogP contribution in [-0.2, 0) is 10.3 Å². The van der Waals surface area contributed by atoms with E-state index in [1.54, 1.807) is 32.0 Å². The number of anilines is 1. The number of halogens is 3. The fraction of sp³-hybridized carbons (Fsp3) is 0.269. The molecule has 4 rings (SSSR count). The summed E-state index contributed by atoms with van der Waals surface area (Å²) in [6, 6.07) is 18.3. The molecule has 0 radical (unpaired) electrons. The summed E-state index contributed by atoms with van der Waals surface area (Å²) in [6.45, 7) is 3.88. The summed E-state index contributed by atoms with van der Waals surface area (Å²) in [7, 11) is 0. The van der Waals surface area contributed by atoms with Crippen molar-refractivity contribution < 1.29 is 18.0 Å². The van der Waals surface area contributed by atoms with E-state index < -0.39 is 17.2 Å². The van der Waals surface area contributed by atoms with Gasteiger partial charge in [-0.2, -0.15) is 18.4 Å². The van der Waals surface area contributed by atoms with Crippen LogP contribution in [0.2, 0.25) is 0 Å². The number of alkyl halides is 3. The first-order valence-corrected chi connectivity index (χ1v) is 10.8. The van der Waals surface area contributed by atoms with E-state index in [0.29, 0.717) is 18.7 Å². The molecule has 2 aliphatic rings. The molecule has 0 saturated carbocycles. The smallest absolute Gasteiger partial charge is 0.340 e. The molecule has 2 aliphatic heterocycles. The molecule has 1 saturated heterocycles. The molecular weight excluding hydrogens is 441 g/mol. The Hall–Kier alpha value is -3.79. The normalized spacial score (nSPS) is 18.5. The van der Waals surface area contributed by atoms with Crippen LogP contribution in [0.3, 0.4) is 0 Å². The van der Waals surface area contributed by atoms with Crippen molar-refractivity contribution in [2.24, 2.45) is 4.99 Å². The van der Waals surface area contributed by atoms with Crippen molar-refractivity contribution in [3.63, 3.8) is 0 Å². The first kappa shape index (κ1) is 23.4. The van der Waals surface area contributed by atoms with Crippen LogP contribution in [0.5, 0.6) is 0 Å². The van der Waals surface area contributed by atoms with Crippen LogP contribution in [0.25, 0.3) is 0 Å². The number of aliphatic imine (C=N–C) groups is 1. The van der Waals surface area contributed by atoms with Crippen molar-refractivity contribution in [3.05, 3.63) is 95.0 Å². The van der Waals surface area contributed by atoms with Gasteiger partial charge in [0.15, 0.2) is 0 Å². The van der Waals surface area contributed by atoms with E-state index in [0.717, 1.165) is 17.3 Å². The van der Waals surface area contributed by atoms with E-state index in [9.17, 15) is 18.4 Å². The van der Waals surface area contributed by atoms with Crippen molar-refractivity contribution in [2.45, 2.75) is 37.9 Å². The molecule has 5 nitrogen and oxygen atoms in total. The summed E-state index contributed by atoms with van der Waals surface area (Å²) < 4.78 is 42.0. The number of amidine groups is 1. The maximum Gasteiger partial charge on any atom is 0.420 e. The van der Waals surface area contributed by atoms with Crippen molar-refractivity contribution in [3.8, 4) is 6.07 Å². The summed E-state index contributed by atoms with van der Waals surface area (Å²) in [4.78, 5) is 9.67. The Bertz CT molecular complexity index is 1230. The third-order valence-electron chi connectivity index (χ3n) is 5.68. The Morgan fingerprint density at radius 3 is 2.62 bits per heavy atom. The van der Waals surface area contributed by atoms with Gasteiger partial charge in [-0.3, -0.25) is 4.84 Å². The molecule has 1 fully saturated rings. The monoisotopic (exact) mass is 464 g/mol. The van der Waals surface area contributed by atoms with Gasteiger partial charge in [-0.1, -0.05) is 48.2 Å². The lowest BCUT2D eigenvalue weighted by Gasteiger charge is -2.27. The highest BCUT2D eigenvalue weighted by molar-refractivity contribution is 6.04. The average molecular weight is 464 g/mol. The van der Waals surface area contributed by atoms with Gasteiger partial charge in [-0.25, -0.2) is 10.1 Å². The van der Waals surface area contributed by atoms with Crippen LogP contribution >= 0.6 is 0 Å². The second kappa shape index (κ2) is 9.22. The second-order valence-corrected chi connectivity index (χ2v) is 8.51. The van der Waals surface area contributed by atoms with Crippen LogP contribution in [0.1, 0.15) is 37.4 Å². The van der Waals surface area contributed by atoms with Crippen molar-refractivity contribution in [2.75, 3.05) is 11.9 Å². The van der Waals surface area contributed by atoms with E-state index in [-0.39, 0.29) is 17.6 Å². The van der Waals surface area contributed by atoms with Crippen LogP contribution < -0.4 is 5.32 Å². The van der Waals surface area contributed by atoms with Gasteiger partial charge in [0.1, 0.15) is 17.1 Å². The Morgan fingerprint density at radius 2 is 1.91 bits per heavy atom. The van der Waals surface area contributed by atoms with Gasteiger partial charge >= 0.3 is 6.18 Å². The van der Waals surface area contributed by atoms with E-state index in [2.05, 4.69) is 22.1 Å². The molecule has 1 N–H and O–H groups in total. The number of nitriles is 1. The summed E-state index contributed by atoms with van der Waals surface area (Å²) in [5.74, 6) is 0.180. The Labute approximate surface area is 196 Å². The summed E-state index contributed by atoms with van der Waals surface area (Å²) in [6.07, 6.45) is -1.94. The molecule has 34 heavy (non-hydrogen) atoms. The first-order chi connectivity index (χ1) is 16.2. The van der Waals surface area contributed by atoms with Crippen molar-refractivity contribution in [1.82, 2.24) is 5.06 Å². The first-order valence-electron chi connectivity index (χ1n) is 10.8. The fourth-order valence-electron chi connectivity index (χ4n) is 3.77. The minimum absolute atomic E-state index is 0.180. The molecule has 0 unspecified atom stereocenters. The number of hydrogen-bond acceptors (Lipinski definition) is 5. The topological polar surface area (TPSA) is 60.7 Å². The number of rotatable bonds is 4. The van der Waals surface area contributed by atoms with Crippen LogP contribution in [0, 0.1) is 11.3 Å². The highest BCUT2D eigenvalue weighted by Gasteiger charge is 2.42. The molecule has 8 heteroatoms. The lowest BCUT2D eigenvalue weighted by atomic mass is 9.86. The summed E-state index contributed by atoms with van der Waals surface area (Å²) in [5, 5.41) is 13.7. The molecule has 1 atom stereocenters. The van der Waals surface area contributed by atoms with E-state index in [1.807, 2.05) is 36.4 Å². The van der Waals surface area contributed by atoms with Gasteiger partial charge in [0.25, 0.3) is 0 Å². The predicted molar refractivity (Wildman–Crippen MR) is 123 cm³/mol. The maximum atomic E-state index is 14.0. The van der Waals surface area contributed by atoms with Gasteiger partial charge in [0.2, 0.25) is 0 Å². The molecule has 2 heterocycles. The lowest BCUT2D eigenvalue weighted by molar-refractivity contribution is -0.123. The highest BCUT2D eigenvalue weighted by Crippen LogP contribution is 2.40. The minimum atomic E-state index is -4.65. The molecule has 2 aromatic carbocycles. The van der Waals surface area contributed by atoms with Gasteiger partial charge in [-0.05, 0) is 37.1 Å². The zero-order valence-corrected chi connectivity index (χ0v) is 18.7. The molecule has 2 aromatic rings. The maximum absolute atomic E-state index is 14.0. The number of hydroxylamine groups is 2. The van der Waals surface area contributed by atoms with Gasteiger partial charge in [0.05, 0.1) is 24.1 Å². The molecule has 0 aliphatic carbocycles. The SMILES string of the molecule is CC(C)(C#N)c1cccc(NC2=NC=C(C(F)(F)F)C(N3OCC[C@H]3c3ccccc3)=C=C2)c1. The predicted octanol–water partition coefficient (Wildman–Crippen LogP) is 6.18. The fourth-order valence-corrected chi connectivity index (χ4v) is 3.77. The number of hydrogen-bond donors (Lipinski definition) is 1. The molecule has 0 amide bonds. The zero-order valence-electron chi connectivity index (χ0n) is 18.7. The van der Waals surface area contributed by atoms with Crippen LogP contribution in [0.15, 0.2) is 88.9 Å². The summed E-state index contributed by atoms with van der Waals surface area (Å²) in [5.41, 5.74) is 3.12. The molecule has 0 bridgehead atoms. The van der Waals surface area contributed by atoms with Gasteiger partial charge < -0.3 is 5.32 Å². The highest BCUT2D eigenvalue weighted by atomic mass is 19.4. The van der Waals surface area contributed by atoms with Crippen molar-refractivity contribution in [1.29, 1.82) is 5.26 Å².